The maximum absolute atomic E-state index is 13.8. The molecule has 6 bridgehead atoms. The predicted octanol–water partition coefficient (Wildman–Crippen LogP) is 8.99. The molecule has 0 fully saturated rings. The zero-order chi connectivity index (χ0) is 38.8. The van der Waals surface area contributed by atoms with Gasteiger partial charge < -0.3 is 18.6 Å². The lowest BCUT2D eigenvalue weighted by atomic mass is 10.00. The highest BCUT2D eigenvalue weighted by atomic mass is 16.6. The van der Waals surface area contributed by atoms with E-state index in [0.29, 0.717) is 22.3 Å². The van der Waals surface area contributed by atoms with Gasteiger partial charge >= 0.3 is 23.2 Å². The molecule has 0 saturated carbocycles. The Balaban J connectivity index is 1.11. The lowest BCUT2D eigenvalue weighted by Crippen LogP contribution is -2.19. The van der Waals surface area contributed by atoms with Gasteiger partial charge in [-0.05, 0) is 82.6 Å². The summed E-state index contributed by atoms with van der Waals surface area (Å²) in [5.74, 6) is -2.52. The van der Waals surface area contributed by atoms with E-state index in [1.807, 2.05) is 12.1 Å². The number of hydrogen-bond donors (Lipinski definition) is 0. The number of hydrogen-bond acceptors (Lipinski definition) is 10. The molecular formula is C46H26O10. The Morgan fingerprint density at radius 1 is 0.464 bits per heavy atom. The molecule has 0 spiro atoms. The minimum atomic E-state index is -1.22. The topological polar surface area (TPSA) is 143 Å². The molecule has 1 aliphatic rings. The molecule has 0 aliphatic carbocycles. The van der Waals surface area contributed by atoms with Gasteiger partial charge in [-0.2, -0.15) is 0 Å². The van der Waals surface area contributed by atoms with Crippen LogP contribution in [-0.4, -0.2) is 23.5 Å². The van der Waals surface area contributed by atoms with E-state index >= 15 is 0 Å². The summed E-state index contributed by atoms with van der Waals surface area (Å²) in [7, 11) is 0. The molecule has 56 heavy (non-hydrogen) atoms. The molecule has 0 N–H and O–H groups in total. The Labute approximate surface area is 317 Å². The summed E-state index contributed by atoms with van der Waals surface area (Å²) in [4.78, 5) is 79.5. The molecule has 7 aromatic rings. The van der Waals surface area contributed by atoms with Crippen molar-refractivity contribution in [3.05, 3.63) is 200 Å². The monoisotopic (exact) mass is 738 g/mol. The minimum Gasteiger partial charge on any atom is -0.456 e. The van der Waals surface area contributed by atoms with Gasteiger partial charge in [0.25, 0.3) is 0 Å². The van der Waals surface area contributed by atoms with Crippen LogP contribution in [-0.2, 0) is 4.74 Å². The van der Waals surface area contributed by atoms with Crippen LogP contribution in [0.2, 0.25) is 0 Å². The number of ether oxygens (including phenoxy) is 3. The van der Waals surface area contributed by atoms with Crippen LogP contribution in [0.3, 0.4) is 0 Å². The number of ketones is 2. The highest BCUT2D eigenvalue weighted by molar-refractivity contribution is 6.22. The summed E-state index contributed by atoms with van der Waals surface area (Å²) in [6, 6.07) is 36.6. The standard InChI is InChI=1S/C46H26O10/c47-35(29-7-3-1-4-8-29)23-15-27-11-17-31(18-12-27)53-37-25-21-33-34-22-26-38(42-40(34)44(50)55-43(49)39(33)41(37)45(51)56-46(42)52)54-32-19-13-28(14-20-32)16-24-36(48)30-9-5-2-6-10-30/h1-26H. The van der Waals surface area contributed by atoms with Gasteiger partial charge in [-0.15, -0.1) is 0 Å². The minimum absolute atomic E-state index is 0.136. The summed E-state index contributed by atoms with van der Waals surface area (Å²) >= 11 is 0. The molecule has 0 saturated heterocycles. The average molecular weight is 739 g/mol. The second-order valence-electron chi connectivity index (χ2n) is 12.5. The number of carbonyl (C=O) groups is 4. The molecule has 270 valence electrons. The molecule has 0 unspecified atom stereocenters. The first-order valence-corrected chi connectivity index (χ1v) is 17.2. The van der Waals surface area contributed by atoms with Crippen molar-refractivity contribution in [1.29, 1.82) is 0 Å². The van der Waals surface area contributed by atoms with E-state index in [0.717, 1.165) is 0 Å². The van der Waals surface area contributed by atoms with Crippen molar-refractivity contribution in [2.45, 2.75) is 0 Å². The van der Waals surface area contributed by atoms with Crippen molar-refractivity contribution < 1.29 is 37.8 Å². The highest BCUT2D eigenvalue weighted by Gasteiger charge is 2.32. The van der Waals surface area contributed by atoms with Gasteiger partial charge in [0.2, 0.25) is 0 Å². The number of benzene rings is 6. The van der Waals surface area contributed by atoms with Crippen molar-refractivity contribution in [2.75, 3.05) is 0 Å². The largest absolute Gasteiger partial charge is 0.456 e. The van der Waals surface area contributed by atoms with Crippen molar-refractivity contribution in [3.8, 4) is 23.0 Å². The number of cyclic esters (lactones) is 2. The van der Waals surface area contributed by atoms with E-state index in [1.165, 1.54) is 36.4 Å². The van der Waals surface area contributed by atoms with Crippen molar-refractivity contribution in [2.24, 2.45) is 0 Å². The van der Waals surface area contributed by atoms with E-state index in [2.05, 4.69) is 0 Å². The van der Waals surface area contributed by atoms with E-state index in [4.69, 9.17) is 18.6 Å². The summed E-state index contributed by atoms with van der Waals surface area (Å²) in [5, 5.41) is -0.352. The van der Waals surface area contributed by atoms with Crippen LogP contribution in [0, 0.1) is 0 Å². The van der Waals surface area contributed by atoms with Gasteiger partial charge in [0.1, 0.15) is 34.1 Å². The lowest BCUT2D eigenvalue weighted by Gasteiger charge is -2.12. The second-order valence-corrected chi connectivity index (χ2v) is 12.5. The SMILES string of the molecule is O=C(C=Cc1ccc(Oc2ccc3c4c2C(=O)OC(=O)c2c(Oc5ccc(C=CC(=O)c6ccccc6)cc5)ccc3c2c(=O)oc4=O)cc1)c1ccccc1. The van der Waals surface area contributed by atoms with Crippen molar-refractivity contribution >= 4 is 57.2 Å². The summed E-state index contributed by atoms with van der Waals surface area (Å²) in [6.45, 7) is 0. The van der Waals surface area contributed by atoms with Crippen LogP contribution in [0.4, 0.5) is 0 Å². The molecule has 2 heterocycles. The van der Waals surface area contributed by atoms with Crippen LogP contribution in [0.25, 0.3) is 33.7 Å². The Morgan fingerprint density at radius 2 is 0.857 bits per heavy atom. The van der Waals surface area contributed by atoms with Gasteiger partial charge in [-0.3, -0.25) is 9.59 Å². The van der Waals surface area contributed by atoms with Gasteiger partial charge in [-0.25, -0.2) is 19.2 Å². The third-order valence-electron chi connectivity index (χ3n) is 9.00. The maximum Gasteiger partial charge on any atom is 0.350 e. The van der Waals surface area contributed by atoms with Gasteiger partial charge in [0, 0.05) is 11.1 Å². The average Bonchev–Trinajstić information content (AvgIpc) is 3.32. The quantitative estimate of drug-likeness (QED) is 0.0577. The molecule has 6 aromatic carbocycles. The third-order valence-corrected chi connectivity index (χ3v) is 9.00. The highest BCUT2D eigenvalue weighted by Crippen LogP contribution is 2.38. The maximum atomic E-state index is 13.8. The Hall–Kier alpha value is -7.98. The first kappa shape index (κ1) is 35.1. The molecule has 10 heteroatoms. The summed E-state index contributed by atoms with van der Waals surface area (Å²) in [5.41, 5.74) is -0.644. The van der Waals surface area contributed by atoms with E-state index in [1.54, 1.807) is 109 Å². The zero-order valence-corrected chi connectivity index (χ0v) is 29.1. The Morgan fingerprint density at radius 3 is 1.25 bits per heavy atom. The fourth-order valence-corrected chi connectivity index (χ4v) is 6.28. The molecule has 0 amide bonds. The Bertz CT molecular complexity index is 2710. The van der Waals surface area contributed by atoms with Gasteiger partial charge in [0.05, 0.1) is 10.8 Å². The lowest BCUT2D eigenvalue weighted by molar-refractivity contribution is 0.0397. The van der Waals surface area contributed by atoms with Crippen molar-refractivity contribution in [3.63, 3.8) is 0 Å². The van der Waals surface area contributed by atoms with E-state index < -0.39 is 34.3 Å². The molecule has 0 radical (unpaired) electrons. The molecule has 1 aromatic heterocycles. The molecular weight excluding hydrogens is 712 g/mol. The predicted molar refractivity (Wildman–Crippen MR) is 209 cm³/mol. The van der Waals surface area contributed by atoms with Crippen LogP contribution in [0.15, 0.2) is 160 Å². The number of esters is 2. The molecule has 10 nitrogen and oxygen atoms in total. The first-order valence-electron chi connectivity index (χ1n) is 17.2. The molecule has 0 atom stereocenters. The van der Waals surface area contributed by atoms with Crippen LogP contribution < -0.4 is 20.7 Å². The number of rotatable bonds is 10. The Kier molecular flexibility index (Phi) is 9.27. The third kappa shape index (κ3) is 6.93. The van der Waals surface area contributed by atoms with E-state index in [9.17, 15) is 28.8 Å². The number of allylic oxidation sites excluding steroid dienone is 2. The summed E-state index contributed by atoms with van der Waals surface area (Å²) < 4.78 is 22.6. The van der Waals surface area contributed by atoms with Crippen LogP contribution in [0.1, 0.15) is 52.6 Å². The molecule has 8 rings (SSSR count). The zero-order valence-electron chi connectivity index (χ0n) is 29.1. The fourth-order valence-electron chi connectivity index (χ4n) is 6.28. The van der Waals surface area contributed by atoms with Crippen LogP contribution >= 0.6 is 0 Å². The summed E-state index contributed by atoms with van der Waals surface area (Å²) in [6.07, 6.45) is 6.18. The number of carbonyl (C=O) groups excluding carboxylic acids is 4. The second kappa shape index (κ2) is 14.8. The molecule has 1 aliphatic heterocycles. The van der Waals surface area contributed by atoms with Crippen molar-refractivity contribution in [1.82, 2.24) is 0 Å². The van der Waals surface area contributed by atoms with E-state index in [-0.39, 0.29) is 56.1 Å². The van der Waals surface area contributed by atoms with Gasteiger partial charge in [0.15, 0.2) is 11.6 Å². The smallest absolute Gasteiger partial charge is 0.350 e. The van der Waals surface area contributed by atoms with Gasteiger partial charge in [-0.1, -0.05) is 97.1 Å². The normalized spacial score (nSPS) is 12.3. The fraction of sp³-hybridized carbons (Fsp3) is 0. The van der Waals surface area contributed by atoms with Crippen LogP contribution in [0.5, 0.6) is 23.0 Å². The first-order chi connectivity index (χ1) is 27.2.